The summed E-state index contributed by atoms with van der Waals surface area (Å²) in [5, 5.41) is 9.53. The maximum Gasteiger partial charge on any atom is 0.105 e. The lowest BCUT2D eigenvalue weighted by Gasteiger charge is -2.07. The van der Waals surface area contributed by atoms with E-state index in [1.165, 1.54) is 0 Å². The van der Waals surface area contributed by atoms with E-state index < -0.39 is 6.10 Å². The highest BCUT2D eigenvalue weighted by Gasteiger charge is 2.04. The molecule has 14 heavy (non-hydrogen) atoms. The molecule has 1 atom stereocenters. The van der Waals surface area contributed by atoms with Gasteiger partial charge in [-0.1, -0.05) is 6.08 Å². The topological polar surface area (TPSA) is 29.5 Å². The minimum atomic E-state index is -0.543. The monoisotopic (exact) mass is 196 g/mol. The Labute approximate surface area is 86.6 Å². The maximum atomic E-state index is 9.53. The van der Waals surface area contributed by atoms with Gasteiger partial charge < -0.3 is 9.84 Å². The van der Waals surface area contributed by atoms with Gasteiger partial charge in [0.1, 0.15) is 6.10 Å². The number of hydrogen-bond acceptors (Lipinski definition) is 2. The fourth-order valence-electron chi connectivity index (χ4n) is 1.08. The Morgan fingerprint density at radius 2 is 2.21 bits per heavy atom. The fourth-order valence-corrected chi connectivity index (χ4v) is 1.08. The lowest BCUT2D eigenvalue weighted by molar-refractivity contribution is 0.0866. The van der Waals surface area contributed by atoms with Crippen molar-refractivity contribution in [3.05, 3.63) is 29.5 Å². The van der Waals surface area contributed by atoms with Gasteiger partial charge in [-0.15, -0.1) is 12.3 Å². The van der Waals surface area contributed by atoms with Crippen molar-refractivity contribution in [3.63, 3.8) is 0 Å². The summed E-state index contributed by atoms with van der Waals surface area (Å²) in [5.74, 6) is 0. The Bertz CT molecular complexity index is 235. The first-order valence-electron chi connectivity index (χ1n) is 4.82. The summed E-state index contributed by atoms with van der Waals surface area (Å²) in [6.45, 7) is 7.85. The van der Waals surface area contributed by atoms with E-state index in [0.29, 0.717) is 6.61 Å². The Balaban J connectivity index is 4.35. The molecule has 0 radical (unpaired) electrons. The quantitative estimate of drug-likeness (QED) is 0.522. The molecule has 0 aliphatic carbocycles. The van der Waals surface area contributed by atoms with Crippen LogP contribution in [0.4, 0.5) is 0 Å². The number of aliphatic hydroxyl groups excluding tert-OH is 1. The highest BCUT2D eigenvalue weighted by Crippen LogP contribution is 2.06. The molecule has 2 heteroatoms. The molecule has 0 aliphatic heterocycles. The fraction of sp³-hybridized carbons (Fsp3) is 0.583. The van der Waals surface area contributed by atoms with E-state index in [9.17, 15) is 5.11 Å². The van der Waals surface area contributed by atoms with Crippen LogP contribution in [0, 0.1) is 0 Å². The van der Waals surface area contributed by atoms with Crippen LogP contribution < -0.4 is 0 Å². The Kier molecular flexibility index (Phi) is 7.13. The molecule has 0 bridgehead atoms. The molecule has 0 aliphatic rings. The van der Waals surface area contributed by atoms with E-state index in [0.717, 1.165) is 24.0 Å². The molecule has 0 spiro atoms. The summed E-state index contributed by atoms with van der Waals surface area (Å²) in [5.41, 5.74) is 5.12. The van der Waals surface area contributed by atoms with Crippen molar-refractivity contribution in [2.45, 2.75) is 32.8 Å². The maximum absolute atomic E-state index is 9.53. The molecular formula is C12H20O2. The van der Waals surface area contributed by atoms with Crippen LogP contribution in [0.15, 0.2) is 29.5 Å². The smallest absolute Gasteiger partial charge is 0.105 e. The highest BCUT2D eigenvalue weighted by molar-refractivity contribution is 5.10. The highest BCUT2D eigenvalue weighted by atomic mass is 16.5. The first-order valence-corrected chi connectivity index (χ1v) is 4.82. The minimum Gasteiger partial charge on any atom is -0.386 e. The molecule has 0 aromatic heterocycles. The van der Waals surface area contributed by atoms with Gasteiger partial charge in [0.25, 0.3) is 0 Å². The molecule has 1 unspecified atom stereocenters. The van der Waals surface area contributed by atoms with Crippen molar-refractivity contribution in [2.75, 3.05) is 13.7 Å². The third-order valence-electron chi connectivity index (χ3n) is 1.96. The molecule has 0 aromatic rings. The second-order valence-corrected chi connectivity index (χ2v) is 3.39. The van der Waals surface area contributed by atoms with E-state index in [2.05, 4.69) is 12.3 Å². The van der Waals surface area contributed by atoms with Gasteiger partial charge in [-0.05, 0) is 37.8 Å². The molecule has 0 aromatic carbocycles. The summed E-state index contributed by atoms with van der Waals surface area (Å²) in [6.07, 6.45) is 3.23. The number of aliphatic hydroxyl groups is 1. The predicted octanol–water partition coefficient (Wildman–Crippen LogP) is 2.45. The molecular weight excluding hydrogens is 176 g/mol. The van der Waals surface area contributed by atoms with Crippen LogP contribution in [-0.2, 0) is 4.74 Å². The Hall–Kier alpha value is -0.820. The number of hydrogen-bond donors (Lipinski definition) is 1. The SMILES string of the molecule is C=CCCC(C)=C=C(C)C(O)COC. The van der Waals surface area contributed by atoms with Gasteiger partial charge in [-0.25, -0.2) is 0 Å². The lowest BCUT2D eigenvalue weighted by atomic mass is 10.1. The summed E-state index contributed by atoms with van der Waals surface area (Å²) in [7, 11) is 1.57. The van der Waals surface area contributed by atoms with Gasteiger partial charge in [-0.2, -0.15) is 0 Å². The average molecular weight is 196 g/mol. The van der Waals surface area contributed by atoms with Gasteiger partial charge in [0, 0.05) is 7.11 Å². The lowest BCUT2D eigenvalue weighted by Crippen LogP contribution is -2.14. The second kappa shape index (κ2) is 7.57. The predicted molar refractivity (Wildman–Crippen MR) is 59.2 cm³/mol. The van der Waals surface area contributed by atoms with E-state index in [4.69, 9.17) is 4.74 Å². The molecule has 0 saturated carbocycles. The van der Waals surface area contributed by atoms with E-state index in [1.807, 2.05) is 19.9 Å². The van der Waals surface area contributed by atoms with Crippen LogP contribution in [0.2, 0.25) is 0 Å². The van der Waals surface area contributed by atoms with Crippen LogP contribution in [0.1, 0.15) is 26.7 Å². The van der Waals surface area contributed by atoms with Gasteiger partial charge >= 0.3 is 0 Å². The summed E-state index contributed by atoms with van der Waals surface area (Å²) in [6, 6.07) is 0. The summed E-state index contributed by atoms with van der Waals surface area (Å²) < 4.78 is 4.85. The van der Waals surface area contributed by atoms with Crippen LogP contribution in [0.25, 0.3) is 0 Å². The van der Waals surface area contributed by atoms with Crippen LogP contribution >= 0.6 is 0 Å². The number of rotatable bonds is 6. The van der Waals surface area contributed by atoms with Crippen molar-refractivity contribution >= 4 is 0 Å². The molecule has 0 heterocycles. The molecule has 0 saturated heterocycles. The first-order chi connectivity index (χ1) is 6.61. The van der Waals surface area contributed by atoms with E-state index in [-0.39, 0.29) is 0 Å². The first kappa shape index (κ1) is 13.2. The van der Waals surface area contributed by atoms with Crippen LogP contribution in [-0.4, -0.2) is 24.9 Å². The molecule has 0 rings (SSSR count). The van der Waals surface area contributed by atoms with Crippen LogP contribution in [0.5, 0.6) is 0 Å². The van der Waals surface area contributed by atoms with Crippen molar-refractivity contribution in [3.8, 4) is 0 Å². The zero-order chi connectivity index (χ0) is 11.0. The average Bonchev–Trinajstić information content (AvgIpc) is 2.15. The molecule has 0 fully saturated rings. The molecule has 2 nitrogen and oxygen atoms in total. The summed E-state index contributed by atoms with van der Waals surface area (Å²) in [4.78, 5) is 0. The van der Waals surface area contributed by atoms with Gasteiger partial charge in [-0.3, -0.25) is 0 Å². The second-order valence-electron chi connectivity index (χ2n) is 3.39. The zero-order valence-electron chi connectivity index (χ0n) is 9.34. The van der Waals surface area contributed by atoms with Gasteiger partial charge in [0.05, 0.1) is 6.61 Å². The Morgan fingerprint density at radius 3 is 2.71 bits per heavy atom. The normalized spacial score (nSPS) is 11.7. The largest absolute Gasteiger partial charge is 0.386 e. The van der Waals surface area contributed by atoms with Crippen LogP contribution in [0.3, 0.4) is 0 Å². The number of ether oxygens (including phenoxy) is 1. The van der Waals surface area contributed by atoms with Crippen molar-refractivity contribution < 1.29 is 9.84 Å². The molecule has 80 valence electrons. The van der Waals surface area contributed by atoms with E-state index in [1.54, 1.807) is 7.11 Å². The molecule has 0 amide bonds. The zero-order valence-corrected chi connectivity index (χ0v) is 9.34. The summed E-state index contributed by atoms with van der Waals surface area (Å²) >= 11 is 0. The van der Waals surface area contributed by atoms with Crippen molar-refractivity contribution in [1.29, 1.82) is 0 Å². The number of allylic oxidation sites excluding steroid dienone is 1. The van der Waals surface area contributed by atoms with E-state index >= 15 is 0 Å². The minimum absolute atomic E-state index is 0.327. The van der Waals surface area contributed by atoms with Crippen molar-refractivity contribution in [2.24, 2.45) is 0 Å². The van der Waals surface area contributed by atoms with Gasteiger partial charge in [0.15, 0.2) is 0 Å². The van der Waals surface area contributed by atoms with Crippen molar-refractivity contribution in [1.82, 2.24) is 0 Å². The third-order valence-corrected chi connectivity index (χ3v) is 1.96. The number of methoxy groups -OCH3 is 1. The third kappa shape index (κ3) is 5.76. The standard InChI is InChI=1S/C12H20O2/c1-5-6-7-10(2)8-11(3)12(13)9-14-4/h5,12-13H,1,6-7,9H2,2-4H3. The van der Waals surface area contributed by atoms with Gasteiger partial charge in [0.2, 0.25) is 0 Å². The molecule has 1 N–H and O–H groups in total. The Morgan fingerprint density at radius 1 is 1.57 bits per heavy atom.